The van der Waals surface area contributed by atoms with Crippen molar-refractivity contribution >= 4 is 5.97 Å². The Morgan fingerprint density at radius 1 is 1.50 bits per heavy atom. The third kappa shape index (κ3) is 4.07. The molecule has 82 valence electrons. The lowest BCUT2D eigenvalue weighted by molar-refractivity contribution is -0.137. The first-order valence-corrected chi connectivity index (χ1v) is 5.36. The first kappa shape index (κ1) is 11.5. The van der Waals surface area contributed by atoms with E-state index in [0.717, 1.165) is 39.0 Å². The average molecular weight is 200 g/mol. The Kier molecular flexibility index (Phi) is 4.90. The second kappa shape index (κ2) is 5.98. The van der Waals surface area contributed by atoms with E-state index in [2.05, 4.69) is 4.90 Å². The van der Waals surface area contributed by atoms with E-state index in [-0.39, 0.29) is 0 Å². The molecule has 0 amide bonds. The second-order valence-electron chi connectivity index (χ2n) is 4.04. The fourth-order valence-electron chi connectivity index (χ4n) is 1.92. The Labute approximate surface area is 85.1 Å². The summed E-state index contributed by atoms with van der Waals surface area (Å²) >= 11 is 0. The van der Waals surface area contributed by atoms with Crippen molar-refractivity contribution in [2.45, 2.75) is 25.7 Å². The fraction of sp³-hybridized carbons (Fsp3) is 0.900. The molecule has 4 nitrogen and oxygen atoms in total. The molecule has 0 saturated carbocycles. The van der Waals surface area contributed by atoms with Gasteiger partial charge in [-0.1, -0.05) is 0 Å². The summed E-state index contributed by atoms with van der Waals surface area (Å²) in [4.78, 5) is 12.7. The molecule has 1 rings (SSSR count). The number of carbonyl (C=O) groups is 1. The molecule has 0 aliphatic carbocycles. The molecule has 1 aliphatic heterocycles. The largest absolute Gasteiger partial charge is 0.481 e. The third-order valence-corrected chi connectivity index (χ3v) is 2.82. The zero-order valence-corrected chi connectivity index (χ0v) is 8.61. The maximum atomic E-state index is 10.3. The summed E-state index contributed by atoms with van der Waals surface area (Å²) in [5, 5.41) is 8.46. The number of nitrogens with two attached hydrogens (primary N) is 1. The van der Waals surface area contributed by atoms with E-state index < -0.39 is 5.97 Å². The van der Waals surface area contributed by atoms with E-state index in [1.807, 2.05) is 0 Å². The van der Waals surface area contributed by atoms with E-state index in [4.69, 9.17) is 10.8 Å². The highest BCUT2D eigenvalue weighted by Crippen LogP contribution is 2.15. The SMILES string of the molecule is NCC1CCN(CCCCC(=O)O)C1. The van der Waals surface area contributed by atoms with Gasteiger partial charge in [0.2, 0.25) is 0 Å². The van der Waals surface area contributed by atoms with E-state index in [0.29, 0.717) is 12.3 Å². The molecule has 4 heteroatoms. The summed E-state index contributed by atoms with van der Waals surface area (Å²) in [6.07, 6.45) is 3.28. The number of hydrogen-bond acceptors (Lipinski definition) is 3. The van der Waals surface area contributed by atoms with Crippen LogP contribution in [0.3, 0.4) is 0 Å². The highest BCUT2D eigenvalue weighted by Gasteiger charge is 2.20. The molecule has 1 fully saturated rings. The lowest BCUT2D eigenvalue weighted by Crippen LogP contribution is -2.24. The zero-order chi connectivity index (χ0) is 10.4. The van der Waals surface area contributed by atoms with Crippen molar-refractivity contribution in [3.8, 4) is 0 Å². The number of unbranched alkanes of at least 4 members (excludes halogenated alkanes) is 1. The zero-order valence-electron chi connectivity index (χ0n) is 8.61. The molecule has 1 atom stereocenters. The molecule has 0 spiro atoms. The number of nitrogens with zero attached hydrogens (tertiary/aromatic N) is 1. The van der Waals surface area contributed by atoms with Crippen LogP contribution in [0.25, 0.3) is 0 Å². The van der Waals surface area contributed by atoms with Crippen LogP contribution in [0.2, 0.25) is 0 Å². The van der Waals surface area contributed by atoms with E-state index in [9.17, 15) is 4.79 Å². The van der Waals surface area contributed by atoms with Crippen molar-refractivity contribution in [3.05, 3.63) is 0 Å². The smallest absolute Gasteiger partial charge is 0.303 e. The first-order chi connectivity index (χ1) is 6.72. The maximum Gasteiger partial charge on any atom is 0.303 e. The number of carboxylic acids is 1. The van der Waals surface area contributed by atoms with Crippen LogP contribution in [-0.4, -0.2) is 42.2 Å². The monoisotopic (exact) mass is 200 g/mol. The normalized spacial score (nSPS) is 22.8. The standard InChI is InChI=1S/C10H20N2O2/c11-7-9-4-6-12(8-9)5-2-1-3-10(13)14/h9H,1-8,11H2,(H,13,14). The summed E-state index contributed by atoms with van der Waals surface area (Å²) < 4.78 is 0. The molecule has 14 heavy (non-hydrogen) atoms. The van der Waals surface area contributed by atoms with Gasteiger partial charge in [0.1, 0.15) is 0 Å². The quantitative estimate of drug-likeness (QED) is 0.613. The first-order valence-electron chi connectivity index (χ1n) is 5.36. The number of hydrogen-bond donors (Lipinski definition) is 2. The molecule has 1 unspecified atom stereocenters. The average Bonchev–Trinajstić information content (AvgIpc) is 2.60. The highest BCUT2D eigenvalue weighted by atomic mass is 16.4. The summed E-state index contributed by atoms with van der Waals surface area (Å²) in [5.74, 6) is -0.0271. The van der Waals surface area contributed by atoms with Crippen molar-refractivity contribution < 1.29 is 9.90 Å². The second-order valence-corrected chi connectivity index (χ2v) is 4.04. The van der Waals surface area contributed by atoms with Gasteiger partial charge in [-0.05, 0) is 44.8 Å². The van der Waals surface area contributed by atoms with Gasteiger partial charge in [-0.3, -0.25) is 4.79 Å². The van der Waals surface area contributed by atoms with Crippen LogP contribution in [0.4, 0.5) is 0 Å². The number of rotatable bonds is 6. The van der Waals surface area contributed by atoms with Gasteiger partial charge in [0, 0.05) is 13.0 Å². The van der Waals surface area contributed by atoms with Gasteiger partial charge >= 0.3 is 5.97 Å². The highest BCUT2D eigenvalue weighted by molar-refractivity contribution is 5.66. The van der Waals surface area contributed by atoms with Gasteiger partial charge in [-0.25, -0.2) is 0 Å². The van der Waals surface area contributed by atoms with Gasteiger partial charge in [0.05, 0.1) is 0 Å². The minimum Gasteiger partial charge on any atom is -0.481 e. The van der Waals surface area contributed by atoms with Crippen LogP contribution in [0, 0.1) is 5.92 Å². The molecule has 1 saturated heterocycles. The minimum absolute atomic E-state index is 0.300. The van der Waals surface area contributed by atoms with E-state index in [1.54, 1.807) is 0 Å². The lowest BCUT2D eigenvalue weighted by Gasteiger charge is -2.14. The van der Waals surface area contributed by atoms with Crippen molar-refractivity contribution in [3.63, 3.8) is 0 Å². The van der Waals surface area contributed by atoms with Crippen LogP contribution in [0.1, 0.15) is 25.7 Å². The van der Waals surface area contributed by atoms with Crippen LogP contribution < -0.4 is 5.73 Å². The molecule has 0 radical (unpaired) electrons. The maximum absolute atomic E-state index is 10.3. The molecule has 0 aromatic heterocycles. The Hall–Kier alpha value is -0.610. The van der Waals surface area contributed by atoms with Gasteiger partial charge in [0.25, 0.3) is 0 Å². The van der Waals surface area contributed by atoms with Gasteiger partial charge in [0.15, 0.2) is 0 Å². The number of carboxylic acid groups (broad SMARTS) is 1. The van der Waals surface area contributed by atoms with Crippen LogP contribution in [0.5, 0.6) is 0 Å². The molecular formula is C10H20N2O2. The van der Waals surface area contributed by atoms with Gasteiger partial charge in [-0.2, -0.15) is 0 Å². The molecule has 3 N–H and O–H groups in total. The Balaban J connectivity index is 2.00. The Bertz CT molecular complexity index is 185. The molecule has 0 aromatic carbocycles. The minimum atomic E-state index is -0.689. The summed E-state index contributed by atoms with van der Waals surface area (Å²) in [7, 11) is 0. The topological polar surface area (TPSA) is 66.6 Å². The Morgan fingerprint density at radius 3 is 2.86 bits per heavy atom. The predicted molar refractivity (Wildman–Crippen MR) is 55.1 cm³/mol. The predicted octanol–water partition coefficient (Wildman–Crippen LogP) is 0.522. The van der Waals surface area contributed by atoms with Crippen molar-refractivity contribution in [1.82, 2.24) is 4.90 Å². The summed E-state index contributed by atoms with van der Waals surface area (Å²) in [6, 6.07) is 0. The van der Waals surface area contributed by atoms with Crippen molar-refractivity contribution in [1.29, 1.82) is 0 Å². The van der Waals surface area contributed by atoms with E-state index in [1.165, 1.54) is 6.42 Å². The molecular weight excluding hydrogens is 180 g/mol. The summed E-state index contributed by atoms with van der Waals surface area (Å²) in [6.45, 7) is 4.05. The molecule has 0 bridgehead atoms. The number of likely N-dealkylation sites (tertiary alicyclic amines) is 1. The third-order valence-electron chi connectivity index (χ3n) is 2.82. The number of aliphatic carboxylic acids is 1. The lowest BCUT2D eigenvalue weighted by atomic mass is 10.1. The van der Waals surface area contributed by atoms with Gasteiger partial charge in [-0.15, -0.1) is 0 Å². The van der Waals surface area contributed by atoms with Crippen molar-refractivity contribution in [2.75, 3.05) is 26.2 Å². The molecule has 1 aliphatic rings. The van der Waals surface area contributed by atoms with Gasteiger partial charge < -0.3 is 15.7 Å². The fourth-order valence-corrected chi connectivity index (χ4v) is 1.92. The van der Waals surface area contributed by atoms with E-state index >= 15 is 0 Å². The van der Waals surface area contributed by atoms with Crippen LogP contribution >= 0.6 is 0 Å². The molecule has 0 aromatic rings. The molecule has 1 heterocycles. The Morgan fingerprint density at radius 2 is 2.29 bits per heavy atom. The summed E-state index contributed by atoms with van der Waals surface area (Å²) in [5.41, 5.74) is 5.59. The van der Waals surface area contributed by atoms with Crippen LogP contribution in [0.15, 0.2) is 0 Å². The van der Waals surface area contributed by atoms with Crippen LogP contribution in [-0.2, 0) is 4.79 Å². The van der Waals surface area contributed by atoms with Crippen molar-refractivity contribution in [2.24, 2.45) is 11.7 Å².